The lowest BCUT2D eigenvalue weighted by molar-refractivity contribution is 0.0782. The smallest absolute Gasteiger partial charge is 0.0940 e. The lowest BCUT2D eigenvalue weighted by atomic mass is 10.1. The van der Waals surface area contributed by atoms with E-state index in [0.29, 0.717) is 6.04 Å². The quantitative estimate of drug-likeness (QED) is 0.849. The summed E-state index contributed by atoms with van der Waals surface area (Å²) in [6.07, 6.45) is 3.35. The van der Waals surface area contributed by atoms with Crippen LogP contribution in [0.1, 0.15) is 23.5 Å². The van der Waals surface area contributed by atoms with Crippen molar-refractivity contribution in [2.75, 3.05) is 19.8 Å². The van der Waals surface area contributed by atoms with Crippen molar-refractivity contribution in [2.24, 2.45) is 0 Å². The average Bonchev–Trinajstić information content (AvgIpc) is 2.66. The molecule has 4 heteroatoms. The van der Waals surface area contributed by atoms with Crippen molar-refractivity contribution >= 4 is 11.3 Å². The lowest BCUT2D eigenvalue weighted by Gasteiger charge is -2.22. The van der Waals surface area contributed by atoms with Gasteiger partial charge < -0.3 is 10.1 Å². The maximum Gasteiger partial charge on any atom is 0.0940 e. The Morgan fingerprint density at radius 1 is 1.53 bits per heavy atom. The molecule has 0 bridgehead atoms. The predicted octanol–water partition coefficient (Wildman–Crippen LogP) is 1.76. The molecule has 0 atom stereocenters. The third kappa shape index (κ3) is 3.55. The highest BCUT2D eigenvalue weighted by Crippen LogP contribution is 2.10. The molecule has 1 aromatic rings. The Balaban J connectivity index is 1.65. The van der Waals surface area contributed by atoms with Crippen LogP contribution in [0, 0.1) is 6.92 Å². The first kappa shape index (κ1) is 11.0. The minimum atomic E-state index is 0.653. The Kier molecular flexibility index (Phi) is 4.11. The number of nitrogens with one attached hydrogen (secondary N) is 1. The normalized spacial score (nSPS) is 18.2. The van der Waals surface area contributed by atoms with Crippen molar-refractivity contribution in [1.82, 2.24) is 10.3 Å². The number of thiazole rings is 1. The summed E-state index contributed by atoms with van der Waals surface area (Å²) in [5.41, 5.74) is 1.14. The van der Waals surface area contributed by atoms with Crippen LogP contribution in [-0.2, 0) is 11.2 Å². The molecule has 0 unspecified atom stereocenters. The Hall–Kier alpha value is -0.450. The second-order valence-corrected chi connectivity index (χ2v) is 4.92. The van der Waals surface area contributed by atoms with E-state index in [0.717, 1.165) is 44.7 Å². The molecule has 1 aromatic heterocycles. The van der Waals surface area contributed by atoms with E-state index in [1.165, 1.54) is 5.01 Å². The first-order chi connectivity index (χ1) is 7.34. The number of hydrogen-bond donors (Lipinski definition) is 1. The fourth-order valence-electron chi connectivity index (χ4n) is 1.80. The van der Waals surface area contributed by atoms with Gasteiger partial charge in [0.25, 0.3) is 0 Å². The van der Waals surface area contributed by atoms with Gasteiger partial charge in [-0.15, -0.1) is 11.3 Å². The fraction of sp³-hybridized carbons (Fsp3) is 0.727. The summed E-state index contributed by atoms with van der Waals surface area (Å²) in [7, 11) is 0. The number of rotatable bonds is 4. The van der Waals surface area contributed by atoms with Crippen LogP contribution < -0.4 is 5.32 Å². The summed E-state index contributed by atoms with van der Waals surface area (Å²) in [5.74, 6) is 0. The van der Waals surface area contributed by atoms with E-state index < -0.39 is 0 Å². The molecule has 2 heterocycles. The van der Waals surface area contributed by atoms with Crippen LogP contribution in [0.5, 0.6) is 0 Å². The molecule has 1 aliphatic heterocycles. The largest absolute Gasteiger partial charge is 0.381 e. The molecule has 1 N–H and O–H groups in total. The lowest BCUT2D eigenvalue weighted by Crippen LogP contribution is -2.35. The van der Waals surface area contributed by atoms with Gasteiger partial charge in [0.15, 0.2) is 0 Å². The number of aromatic nitrogens is 1. The molecule has 0 amide bonds. The molecular weight excluding hydrogens is 208 g/mol. The van der Waals surface area contributed by atoms with Crippen LogP contribution in [0.25, 0.3) is 0 Å². The first-order valence-corrected chi connectivity index (χ1v) is 6.44. The van der Waals surface area contributed by atoms with Gasteiger partial charge in [0.2, 0.25) is 0 Å². The van der Waals surface area contributed by atoms with Crippen molar-refractivity contribution < 1.29 is 4.74 Å². The van der Waals surface area contributed by atoms with E-state index in [9.17, 15) is 0 Å². The molecule has 0 aromatic carbocycles. The zero-order valence-electron chi connectivity index (χ0n) is 9.16. The summed E-state index contributed by atoms with van der Waals surface area (Å²) in [6, 6.07) is 0.653. The van der Waals surface area contributed by atoms with Gasteiger partial charge >= 0.3 is 0 Å². The molecule has 15 heavy (non-hydrogen) atoms. The van der Waals surface area contributed by atoms with E-state index in [1.807, 2.05) is 6.92 Å². The SMILES string of the molecule is Cc1csc(CCNC2CCOCC2)n1. The van der Waals surface area contributed by atoms with Crippen LogP contribution in [0.2, 0.25) is 0 Å². The zero-order valence-corrected chi connectivity index (χ0v) is 9.98. The third-order valence-corrected chi connectivity index (χ3v) is 3.69. The van der Waals surface area contributed by atoms with Gasteiger partial charge in [0, 0.05) is 43.3 Å². The van der Waals surface area contributed by atoms with Crippen LogP contribution >= 0.6 is 11.3 Å². The van der Waals surface area contributed by atoms with Crippen LogP contribution in [-0.4, -0.2) is 30.8 Å². The molecular formula is C11H18N2OS. The Morgan fingerprint density at radius 3 is 3.00 bits per heavy atom. The van der Waals surface area contributed by atoms with Crippen molar-refractivity contribution in [1.29, 1.82) is 0 Å². The average molecular weight is 226 g/mol. The minimum absolute atomic E-state index is 0.653. The maximum absolute atomic E-state index is 5.32. The second-order valence-electron chi connectivity index (χ2n) is 3.97. The number of ether oxygens (including phenoxy) is 1. The number of aryl methyl sites for hydroxylation is 1. The van der Waals surface area contributed by atoms with E-state index >= 15 is 0 Å². The van der Waals surface area contributed by atoms with Gasteiger partial charge in [-0.25, -0.2) is 4.98 Å². The highest BCUT2D eigenvalue weighted by atomic mass is 32.1. The molecule has 1 saturated heterocycles. The number of hydrogen-bond acceptors (Lipinski definition) is 4. The molecule has 1 fully saturated rings. The molecule has 84 valence electrons. The highest BCUT2D eigenvalue weighted by Gasteiger charge is 2.12. The maximum atomic E-state index is 5.32. The molecule has 1 aliphatic rings. The second kappa shape index (κ2) is 5.58. The highest BCUT2D eigenvalue weighted by molar-refractivity contribution is 7.09. The standard InChI is InChI=1S/C11H18N2OS/c1-9-8-15-11(13-9)2-5-12-10-3-6-14-7-4-10/h8,10,12H,2-7H2,1H3. The van der Waals surface area contributed by atoms with Crippen LogP contribution in [0.3, 0.4) is 0 Å². The van der Waals surface area contributed by atoms with Crippen molar-refractivity contribution in [3.63, 3.8) is 0 Å². The third-order valence-electron chi connectivity index (χ3n) is 2.66. The van der Waals surface area contributed by atoms with Crippen LogP contribution in [0.4, 0.5) is 0 Å². The van der Waals surface area contributed by atoms with Crippen molar-refractivity contribution in [2.45, 2.75) is 32.2 Å². The zero-order chi connectivity index (χ0) is 10.5. The Morgan fingerprint density at radius 2 is 2.33 bits per heavy atom. The molecule has 0 saturated carbocycles. The predicted molar refractivity (Wildman–Crippen MR) is 62.4 cm³/mol. The monoisotopic (exact) mass is 226 g/mol. The first-order valence-electron chi connectivity index (χ1n) is 5.57. The van der Waals surface area contributed by atoms with Gasteiger partial charge in [-0.2, -0.15) is 0 Å². The van der Waals surface area contributed by atoms with Gasteiger partial charge in [-0.05, 0) is 19.8 Å². The summed E-state index contributed by atoms with van der Waals surface area (Å²) >= 11 is 1.76. The van der Waals surface area contributed by atoms with Gasteiger partial charge in [-0.3, -0.25) is 0 Å². The fourth-order valence-corrected chi connectivity index (χ4v) is 2.58. The molecule has 2 rings (SSSR count). The van der Waals surface area contributed by atoms with Gasteiger partial charge in [-0.1, -0.05) is 0 Å². The Bertz CT molecular complexity index is 295. The molecule has 0 radical (unpaired) electrons. The van der Waals surface area contributed by atoms with E-state index in [4.69, 9.17) is 4.74 Å². The summed E-state index contributed by atoms with van der Waals surface area (Å²) in [4.78, 5) is 4.45. The van der Waals surface area contributed by atoms with Gasteiger partial charge in [0.05, 0.1) is 5.01 Å². The summed E-state index contributed by atoms with van der Waals surface area (Å²) in [5, 5.41) is 6.92. The van der Waals surface area contributed by atoms with E-state index in [-0.39, 0.29) is 0 Å². The Labute approximate surface area is 94.9 Å². The molecule has 3 nitrogen and oxygen atoms in total. The topological polar surface area (TPSA) is 34.1 Å². The summed E-state index contributed by atoms with van der Waals surface area (Å²) in [6.45, 7) is 4.91. The van der Waals surface area contributed by atoms with Crippen molar-refractivity contribution in [3.05, 3.63) is 16.1 Å². The van der Waals surface area contributed by atoms with E-state index in [2.05, 4.69) is 15.7 Å². The molecule has 0 spiro atoms. The van der Waals surface area contributed by atoms with Crippen molar-refractivity contribution in [3.8, 4) is 0 Å². The van der Waals surface area contributed by atoms with Gasteiger partial charge in [0.1, 0.15) is 0 Å². The summed E-state index contributed by atoms with van der Waals surface area (Å²) < 4.78 is 5.32. The van der Waals surface area contributed by atoms with E-state index in [1.54, 1.807) is 11.3 Å². The number of nitrogens with zero attached hydrogens (tertiary/aromatic N) is 1. The van der Waals surface area contributed by atoms with Crippen LogP contribution in [0.15, 0.2) is 5.38 Å². The molecule has 0 aliphatic carbocycles. The minimum Gasteiger partial charge on any atom is -0.381 e.